The second-order valence-electron chi connectivity index (χ2n) is 9.11. The molecule has 0 saturated carbocycles. The van der Waals surface area contributed by atoms with E-state index in [9.17, 15) is 10.0 Å². The zero-order chi connectivity index (χ0) is 25.5. The van der Waals surface area contributed by atoms with E-state index in [-0.39, 0.29) is 18.4 Å². The number of nitrogens with one attached hydrogen (secondary N) is 1. The Hall–Kier alpha value is -4.21. The van der Waals surface area contributed by atoms with E-state index in [1.165, 1.54) is 0 Å². The van der Waals surface area contributed by atoms with E-state index in [1.54, 1.807) is 0 Å². The second kappa shape index (κ2) is 11.5. The number of nitriles is 1. The molecule has 4 aromatic rings. The molecular formula is C30H29N3O3. The molecule has 0 spiro atoms. The summed E-state index contributed by atoms with van der Waals surface area (Å²) in [7, 11) is 0. The van der Waals surface area contributed by atoms with Crippen LogP contribution in [-0.2, 0) is 9.53 Å². The van der Waals surface area contributed by atoms with Crippen LogP contribution in [0.15, 0.2) is 91.0 Å². The Morgan fingerprint density at radius 3 is 2.31 bits per heavy atom. The summed E-state index contributed by atoms with van der Waals surface area (Å²) in [5.41, 5.74) is 3.74. The molecule has 3 aromatic carbocycles. The molecule has 0 bridgehead atoms. The van der Waals surface area contributed by atoms with Crippen LogP contribution >= 0.6 is 0 Å². The number of carbonyl (C=O) groups is 1. The normalized spacial score (nSPS) is 12.7. The third-order valence-corrected chi connectivity index (χ3v) is 6.03. The third kappa shape index (κ3) is 5.70. The Labute approximate surface area is 211 Å². The van der Waals surface area contributed by atoms with Crippen LogP contribution in [0.2, 0.25) is 0 Å². The molecule has 36 heavy (non-hydrogen) atoms. The molecule has 6 heteroatoms. The van der Waals surface area contributed by atoms with Crippen LogP contribution in [0.5, 0.6) is 0 Å². The van der Waals surface area contributed by atoms with Crippen molar-refractivity contribution in [3.8, 4) is 17.3 Å². The van der Waals surface area contributed by atoms with Gasteiger partial charge in [0.25, 0.3) is 0 Å². The first kappa shape index (κ1) is 24.9. The number of fused-ring (bicyclic) bond motifs is 1. The van der Waals surface area contributed by atoms with Crippen molar-refractivity contribution in [1.29, 1.82) is 5.26 Å². The molecule has 1 amide bonds. The number of benzene rings is 3. The maximum absolute atomic E-state index is 13.0. The molecular weight excluding hydrogens is 450 g/mol. The summed E-state index contributed by atoms with van der Waals surface area (Å²) in [5.74, 6) is -0.0756. The number of para-hydroxylation sites is 1. The van der Waals surface area contributed by atoms with Gasteiger partial charge in [-0.15, -0.1) is 0 Å². The van der Waals surface area contributed by atoms with Crippen molar-refractivity contribution in [2.24, 2.45) is 5.92 Å². The van der Waals surface area contributed by atoms with E-state index in [1.807, 2.05) is 111 Å². The molecule has 182 valence electrons. The van der Waals surface area contributed by atoms with Crippen molar-refractivity contribution >= 4 is 16.8 Å². The minimum atomic E-state index is -0.715. The largest absolute Gasteiger partial charge is 0.618 e. The van der Waals surface area contributed by atoms with Crippen LogP contribution in [-0.4, -0.2) is 18.6 Å². The smallest absolute Gasteiger partial charge is 0.250 e. The number of rotatable bonds is 9. The molecule has 1 aromatic heterocycles. The van der Waals surface area contributed by atoms with Crippen LogP contribution in [0.25, 0.3) is 22.2 Å². The Morgan fingerprint density at radius 1 is 0.944 bits per heavy atom. The topological polar surface area (TPSA) is 89.1 Å². The summed E-state index contributed by atoms with van der Waals surface area (Å²) in [6, 6.07) is 30.6. The Balaban J connectivity index is 1.67. The fourth-order valence-electron chi connectivity index (χ4n) is 4.26. The first-order chi connectivity index (χ1) is 17.5. The molecule has 0 radical (unpaired) electrons. The SMILES string of the molecule is CC(C)C[C@H](O[C@H](c1ccccc1)c1ccc(-c2ccc3ccccc3[n+]2[O-])cc1)C(=O)NCC#N. The maximum atomic E-state index is 13.0. The van der Waals surface area contributed by atoms with Crippen molar-refractivity contribution in [2.45, 2.75) is 32.5 Å². The standard InChI is InChI=1S/C30H29N3O3/c1-21(2)20-28(30(34)32-19-18-31)36-29(24-9-4-3-5-10-24)25-14-12-23(13-15-25)27-17-16-22-8-6-7-11-26(22)33(27)35/h3-17,21,28-29H,19-20H2,1-2H3,(H,32,34)/t28-,29+/m0/s1. The number of ether oxygens (including phenoxy) is 1. The first-order valence-corrected chi connectivity index (χ1v) is 12.0. The van der Waals surface area contributed by atoms with E-state index in [2.05, 4.69) is 5.32 Å². The van der Waals surface area contributed by atoms with Gasteiger partial charge >= 0.3 is 0 Å². The van der Waals surface area contributed by atoms with Gasteiger partial charge in [-0.3, -0.25) is 4.79 Å². The van der Waals surface area contributed by atoms with Crippen LogP contribution < -0.4 is 10.0 Å². The lowest BCUT2D eigenvalue weighted by Crippen LogP contribution is -2.38. The van der Waals surface area contributed by atoms with Crippen molar-refractivity contribution in [1.82, 2.24) is 5.32 Å². The molecule has 4 rings (SSSR count). The van der Waals surface area contributed by atoms with Gasteiger partial charge in [0.2, 0.25) is 17.1 Å². The Morgan fingerprint density at radius 2 is 1.61 bits per heavy atom. The second-order valence-corrected chi connectivity index (χ2v) is 9.11. The lowest BCUT2D eigenvalue weighted by atomic mass is 9.98. The molecule has 1 heterocycles. The molecule has 6 nitrogen and oxygen atoms in total. The molecule has 0 saturated heterocycles. The molecule has 0 aliphatic carbocycles. The van der Waals surface area contributed by atoms with Gasteiger partial charge in [-0.2, -0.15) is 9.99 Å². The molecule has 0 aliphatic rings. The van der Waals surface area contributed by atoms with Crippen molar-refractivity contribution in [3.63, 3.8) is 0 Å². The summed E-state index contributed by atoms with van der Waals surface area (Å²) in [6.07, 6.45) is -0.688. The van der Waals surface area contributed by atoms with Gasteiger partial charge in [0.1, 0.15) is 18.8 Å². The van der Waals surface area contributed by atoms with Gasteiger partial charge in [-0.1, -0.05) is 68.4 Å². The predicted molar refractivity (Wildman–Crippen MR) is 140 cm³/mol. The number of carbonyl (C=O) groups excluding carboxylic acids is 1. The number of aromatic nitrogens is 1. The summed E-state index contributed by atoms with van der Waals surface area (Å²) < 4.78 is 7.38. The van der Waals surface area contributed by atoms with Gasteiger partial charge in [0.15, 0.2) is 0 Å². The minimum absolute atomic E-state index is 0.0670. The quantitative estimate of drug-likeness (QED) is 0.200. The minimum Gasteiger partial charge on any atom is -0.618 e. The van der Waals surface area contributed by atoms with E-state index < -0.39 is 12.2 Å². The highest BCUT2D eigenvalue weighted by Crippen LogP contribution is 2.30. The van der Waals surface area contributed by atoms with Crippen molar-refractivity contribution in [2.75, 3.05) is 6.54 Å². The Kier molecular flexibility index (Phi) is 7.94. The molecule has 0 fully saturated rings. The highest BCUT2D eigenvalue weighted by Gasteiger charge is 2.26. The lowest BCUT2D eigenvalue weighted by Gasteiger charge is -2.26. The molecule has 0 unspecified atom stereocenters. The van der Waals surface area contributed by atoms with Crippen molar-refractivity contribution < 1.29 is 14.3 Å². The van der Waals surface area contributed by atoms with E-state index in [0.29, 0.717) is 17.6 Å². The Bertz CT molecular complexity index is 1360. The number of nitrogens with zero attached hydrogens (tertiary/aromatic N) is 2. The number of amides is 1. The van der Waals surface area contributed by atoms with Crippen LogP contribution in [0.3, 0.4) is 0 Å². The predicted octanol–water partition coefficient (Wildman–Crippen LogP) is 5.30. The zero-order valence-corrected chi connectivity index (χ0v) is 20.4. The van der Waals surface area contributed by atoms with Crippen LogP contribution in [0, 0.1) is 22.5 Å². The summed E-state index contributed by atoms with van der Waals surface area (Å²) in [6.45, 7) is 3.99. The summed E-state index contributed by atoms with van der Waals surface area (Å²) in [5, 5.41) is 25.4. The molecule has 1 N–H and O–H groups in total. The van der Waals surface area contributed by atoms with Gasteiger partial charge in [-0.05, 0) is 47.7 Å². The third-order valence-electron chi connectivity index (χ3n) is 6.03. The number of hydrogen-bond donors (Lipinski definition) is 1. The van der Waals surface area contributed by atoms with Gasteiger partial charge in [0, 0.05) is 23.1 Å². The van der Waals surface area contributed by atoms with Gasteiger partial charge in [-0.25, -0.2) is 0 Å². The zero-order valence-electron chi connectivity index (χ0n) is 20.4. The first-order valence-electron chi connectivity index (χ1n) is 12.0. The highest BCUT2D eigenvalue weighted by atomic mass is 16.5. The fourth-order valence-corrected chi connectivity index (χ4v) is 4.26. The molecule has 0 aliphatic heterocycles. The highest BCUT2D eigenvalue weighted by molar-refractivity contribution is 5.81. The average Bonchev–Trinajstić information content (AvgIpc) is 2.90. The summed E-state index contributed by atoms with van der Waals surface area (Å²) in [4.78, 5) is 12.8. The number of hydrogen-bond acceptors (Lipinski definition) is 4. The molecule has 2 atom stereocenters. The van der Waals surface area contributed by atoms with Gasteiger partial charge in [0.05, 0.1) is 6.07 Å². The van der Waals surface area contributed by atoms with E-state index >= 15 is 0 Å². The fraction of sp³-hybridized carbons (Fsp3) is 0.233. The van der Waals surface area contributed by atoms with Gasteiger partial charge < -0.3 is 15.3 Å². The number of pyridine rings is 1. The summed E-state index contributed by atoms with van der Waals surface area (Å²) >= 11 is 0. The van der Waals surface area contributed by atoms with E-state index in [0.717, 1.165) is 26.8 Å². The van der Waals surface area contributed by atoms with E-state index in [4.69, 9.17) is 10.00 Å². The average molecular weight is 480 g/mol. The maximum Gasteiger partial charge on any atom is 0.250 e. The monoisotopic (exact) mass is 479 g/mol. The van der Waals surface area contributed by atoms with Crippen LogP contribution in [0.4, 0.5) is 0 Å². The van der Waals surface area contributed by atoms with Crippen molar-refractivity contribution in [3.05, 3.63) is 107 Å². The lowest BCUT2D eigenvalue weighted by molar-refractivity contribution is -0.565. The van der Waals surface area contributed by atoms with Crippen LogP contribution in [0.1, 0.15) is 37.5 Å².